The van der Waals surface area contributed by atoms with Crippen LogP contribution >= 0.6 is 0 Å². The van der Waals surface area contributed by atoms with E-state index in [0.29, 0.717) is 42.1 Å². The van der Waals surface area contributed by atoms with Crippen LogP contribution in [-0.2, 0) is 9.53 Å². The van der Waals surface area contributed by atoms with Gasteiger partial charge in [0.15, 0.2) is 18.1 Å². The highest BCUT2D eigenvalue weighted by Gasteiger charge is 2.28. The molecule has 1 fully saturated rings. The maximum atomic E-state index is 12.1. The second kappa shape index (κ2) is 7.76. The second-order valence-corrected chi connectivity index (χ2v) is 6.88. The van der Waals surface area contributed by atoms with Crippen LogP contribution in [0.3, 0.4) is 0 Å². The third kappa shape index (κ3) is 4.24. The molecule has 1 saturated carbocycles. The van der Waals surface area contributed by atoms with Crippen LogP contribution in [0.4, 0.5) is 0 Å². The number of nitrogens with one attached hydrogen (secondary N) is 1. The molecule has 2 aliphatic rings. The van der Waals surface area contributed by atoms with Crippen molar-refractivity contribution in [1.29, 1.82) is 0 Å². The third-order valence-corrected chi connectivity index (χ3v) is 5.17. The fraction of sp³-hybridized carbons (Fsp3) is 0.579. The van der Waals surface area contributed by atoms with Gasteiger partial charge in [0.1, 0.15) is 13.2 Å². The molecule has 0 saturated heterocycles. The summed E-state index contributed by atoms with van der Waals surface area (Å²) in [4.78, 5) is 24.2. The number of rotatable bonds is 4. The van der Waals surface area contributed by atoms with E-state index < -0.39 is 5.97 Å². The van der Waals surface area contributed by atoms with Gasteiger partial charge in [0, 0.05) is 6.04 Å². The fourth-order valence-electron chi connectivity index (χ4n) is 3.42. The van der Waals surface area contributed by atoms with E-state index in [1.54, 1.807) is 18.2 Å². The highest BCUT2D eigenvalue weighted by Crippen LogP contribution is 2.31. The molecule has 136 valence electrons. The lowest BCUT2D eigenvalue weighted by molar-refractivity contribution is -0.125. The standard InChI is InChI=1S/C19H25NO5/c1-12-4-3-5-15(13(12)2)20-18(21)11-25-19(22)14-6-7-16-17(10-14)24-9-8-23-16/h6-7,10,12-13,15H,3-5,8-9,11H2,1-2H3,(H,20,21)/t12-,13+,15+/m1/s1. The lowest BCUT2D eigenvalue weighted by Gasteiger charge is -2.34. The summed E-state index contributed by atoms with van der Waals surface area (Å²) in [5, 5.41) is 2.99. The summed E-state index contributed by atoms with van der Waals surface area (Å²) in [5.41, 5.74) is 0.344. The number of carbonyl (C=O) groups is 2. The summed E-state index contributed by atoms with van der Waals surface area (Å²) in [7, 11) is 0. The number of esters is 1. The Bertz CT molecular complexity index is 645. The number of ether oxygens (including phenoxy) is 3. The van der Waals surface area contributed by atoms with E-state index in [0.717, 1.165) is 12.8 Å². The molecule has 1 N–H and O–H groups in total. The van der Waals surface area contributed by atoms with Crippen molar-refractivity contribution in [1.82, 2.24) is 5.32 Å². The summed E-state index contributed by atoms with van der Waals surface area (Å²) in [6, 6.07) is 5.03. The van der Waals surface area contributed by atoms with Crippen molar-refractivity contribution < 1.29 is 23.8 Å². The van der Waals surface area contributed by atoms with Gasteiger partial charge in [0.05, 0.1) is 5.56 Å². The van der Waals surface area contributed by atoms with E-state index in [1.807, 2.05) is 0 Å². The number of fused-ring (bicyclic) bond motifs is 1. The maximum Gasteiger partial charge on any atom is 0.338 e. The lowest BCUT2D eigenvalue weighted by atomic mass is 9.78. The normalized spacial score (nSPS) is 25.1. The van der Waals surface area contributed by atoms with Gasteiger partial charge in [-0.2, -0.15) is 0 Å². The molecule has 6 nitrogen and oxygen atoms in total. The zero-order valence-electron chi connectivity index (χ0n) is 14.7. The molecule has 1 aliphatic heterocycles. The molecule has 3 rings (SSSR count). The van der Waals surface area contributed by atoms with Gasteiger partial charge in [-0.25, -0.2) is 4.79 Å². The van der Waals surface area contributed by atoms with Gasteiger partial charge in [-0.15, -0.1) is 0 Å². The average molecular weight is 347 g/mol. The molecule has 1 aliphatic carbocycles. The van der Waals surface area contributed by atoms with Crippen molar-refractivity contribution in [3.63, 3.8) is 0 Å². The molecular formula is C19H25NO5. The zero-order chi connectivity index (χ0) is 17.8. The molecule has 0 radical (unpaired) electrons. The van der Waals surface area contributed by atoms with Gasteiger partial charge in [-0.3, -0.25) is 4.79 Å². The number of hydrogen-bond donors (Lipinski definition) is 1. The van der Waals surface area contributed by atoms with E-state index in [4.69, 9.17) is 14.2 Å². The van der Waals surface area contributed by atoms with Crippen LogP contribution in [0.2, 0.25) is 0 Å². The molecule has 0 unspecified atom stereocenters. The van der Waals surface area contributed by atoms with Gasteiger partial charge in [0.25, 0.3) is 5.91 Å². The molecule has 1 amide bonds. The Morgan fingerprint density at radius 2 is 1.92 bits per heavy atom. The molecule has 0 bridgehead atoms. The summed E-state index contributed by atoms with van der Waals surface area (Å²) >= 11 is 0. The molecule has 0 aromatic heterocycles. The molecule has 6 heteroatoms. The van der Waals surface area contributed by atoms with Gasteiger partial charge < -0.3 is 19.5 Å². The molecule has 3 atom stereocenters. The monoisotopic (exact) mass is 347 g/mol. The van der Waals surface area contributed by atoms with Crippen LogP contribution in [0.1, 0.15) is 43.5 Å². The molecule has 0 spiro atoms. The average Bonchev–Trinajstić information content (AvgIpc) is 2.63. The van der Waals surface area contributed by atoms with Crippen LogP contribution in [-0.4, -0.2) is 37.7 Å². The Labute approximate surface area is 147 Å². The molecule has 1 aromatic carbocycles. The Kier molecular flexibility index (Phi) is 5.46. The Balaban J connectivity index is 1.51. The molecule has 1 aromatic rings. The minimum Gasteiger partial charge on any atom is -0.486 e. The first kappa shape index (κ1) is 17.6. The van der Waals surface area contributed by atoms with Crippen molar-refractivity contribution >= 4 is 11.9 Å². The van der Waals surface area contributed by atoms with Crippen molar-refractivity contribution in [2.45, 2.75) is 39.2 Å². The Hall–Kier alpha value is -2.24. The van der Waals surface area contributed by atoms with Crippen molar-refractivity contribution in [2.75, 3.05) is 19.8 Å². The first-order chi connectivity index (χ1) is 12.0. The van der Waals surface area contributed by atoms with Crippen molar-refractivity contribution in [2.24, 2.45) is 11.8 Å². The van der Waals surface area contributed by atoms with Crippen LogP contribution in [0.25, 0.3) is 0 Å². The Morgan fingerprint density at radius 3 is 2.72 bits per heavy atom. The first-order valence-electron chi connectivity index (χ1n) is 8.90. The van der Waals surface area contributed by atoms with E-state index in [1.165, 1.54) is 6.42 Å². The predicted molar refractivity (Wildman–Crippen MR) is 91.8 cm³/mol. The van der Waals surface area contributed by atoms with E-state index in [2.05, 4.69) is 19.2 Å². The van der Waals surface area contributed by atoms with Crippen LogP contribution in [0.15, 0.2) is 18.2 Å². The minimum atomic E-state index is -0.544. The highest BCUT2D eigenvalue weighted by molar-refractivity contribution is 5.92. The van der Waals surface area contributed by atoms with E-state index >= 15 is 0 Å². The highest BCUT2D eigenvalue weighted by atomic mass is 16.6. The number of amides is 1. The number of hydrogen-bond acceptors (Lipinski definition) is 5. The molecular weight excluding hydrogens is 322 g/mol. The topological polar surface area (TPSA) is 73.9 Å². The van der Waals surface area contributed by atoms with Crippen LogP contribution in [0, 0.1) is 11.8 Å². The summed E-state index contributed by atoms with van der Waals surface area (Å²) < 4.78 is 16.0. The van der Waals surface area contributed by atoms with Crippen molar-refractivity contribution in [3.05, 3.63) is 23.8 Å². The lowest BCUT2D eigenvalue weighted by Crippen LogP contribution is -2.45. The minimum absolute atomic E-state index is 0.157. The predicted octanol–water partition coefficient (Wildman–Crippen LogP) is 2.56. The van der Waals surface area contributed by atoms with Gasteiger partial charge in [0.2, 0.25) is 0 Å². The van der Waals surface area contributed by atoms with E-state index in [9.17, 15) is 9.59 Å². The summed E-state index contributed by atoms with van der Waals surface area (Å²) in [5.74, 6) is 1.37. The Morgan fingerprint density at radius 1 is 1.16 bits per heavy atom. The fourth-order valence-corrected chi connectivity index (χ4v) is 3.42. The quantitative estimate of drug-likeness (QED) is 0.848. The largest absolute Gasteiger partial charge is 0.486 e. The molecule has 25 heavy (non-hydrogen) atoms. The number of benzene rings is 1. The van der Waals surface area contributed by atoms with Gasteiger partial charge >= 0.3 is 5.97 Å². The second-order valence-electron chi connectivity index (χ2n) is 6.88. The van der Waals surface area contributed by atoms with Crippen LogP contribution in [0.5, 0.6) is 11.5 Å². The SMILES string of the molecule is C[C@H]1[C@H](C)CCC[C@@H]1NC(=O)COC(=O)c1ccc2c(c1)OCCO2. The van der Waals surface area contributed by atoms with Gasteiger partial charge in [-0.05, 0) is 36.5 Å². The smallest absolute Gasteiger partial charge is 0.338 e. The summed E-state index contributed by atoms with van der Waals surface area (Å²) in [6.45, 7) is 5.05. The van der Waals surface area contributed by atoms with E-state index in [-0.39, 0.29) is 18.6 Å². The third-order valence-electron chi connectivity index (χ3n) is 5.17. The first-order valence-corrected chi connectivity index (χ1v) is 8.90. The zero-order valence-corrected chi connectivity index (χ0v) is 14.7. The number of carbonyl (C=O) groups excluding carboxylic acids is 2. The summed E-state index contributed by atoms with van der Waals surface area (Å²) in [6.07, 6.45) is 3.30. The van der Waals surface area contributed by atoms with Crippen molar-refractivity contribution in [3.8, 4) is 11.5 Å². The van der Waals surface area contributed by atoms with Crippen LogP contribution < -0.4 is 14.8 Å². The maximum absolute atomic E-state index is 12.1. The molecule has 1 heterocycles. The van der Waals surface area contributed by atoms with Gasteiger partial charge in [-0.1, -0.05) is 26.7 Å².